The van der Waals surface area contributed by atoms with Crippen LogP contribution in [0.25, 0.3) is 0 Å². The van der Waals surface area contributed by atoms with Gasteiger partial charge in [-0.2, -0.15) is 5.24 Å². The summed E-state index contributed by atoms with van der Waals surface area (Å²) in [6, 6.07) is 0. The molecule has 0 atom stereocenters. The molecule has 34 valence electrons. The first-order valence-electron chi connectivity index (χ1n) is 1.26. The van der Waals surface area contributed by atoms with E-state index in [1.165, 1.54) is 0 Å². The Balaban J connectivity index is 0. The predicted octanol–water partition coefficient (Wildman–Crippen LogP) is 1.18. The average Bonchev–Trinajstić information content (AvgIpc) is 0.722. The summed E-state index contributed by atoms with van der Waals surface area (Å²) in [5.74, 6) is 0. The SMILES string of the molecule is CP(C)(=S)[S-].[Zn]. The molecule has 0 aliphatic rings. The Labute approximate surface area is 62.0 Å². The molecule has 0 saturated carbocycles. The van der Waals surface area contributed by atoms with Gasteiger partial charge in [-0.3, -0.25) is 0 Å². The topological polar surface area (TPSA) is 0 Å². The van der Waals surface area contributed by atoms with Crippen molar-refractivity contribution in [2.75, 3.05) is 13.3 Å². The Hall–Kier alpha value is 1.62. The van der Waals surface area contributed by atoms with E-state index in [0.717, 1.165) is 0 Å². The Morgan fingerprint density at radius 3 is 1.50 bits per heavy atom. The molecule has 0 radical (unpaired) electrons. The van der Waals surface area contributed by atoms with Crippen molar-refractivity contribution >= 4 is 29.3 Å². The minimum absolute atomic E-state index is 0. The molecule has 0 aliphatic carbocycles. The molecule has 0 aromatic heterocycles. The Morgan fingerprint density at radius 2 is 1.50 bits per heavy atom. The molecular formula is C2H6PS2Zn-. The van der Waals surface area contributed by atoms with Gasteiger partial charge in [-0.15, -0.1) is 11.8 Å². The van der Waals surface area contributed by atoms with Crippen LogP contribution in [0.2, 0.25) is 0 Å². The van der Waals surface area contributed by atoms with Crippen molar-refractivity contribution < 1.29 is 19.5 Å². The van der Waals surface area contributed by atoms with Gasteiger partial charge in [0.05, 0.1) is 0 Å². The molecule has 0 N–H and O–H groups in total. The van der Waals surface area contributed by atoms with Gasteiger partial charge < -0.3 is 12.2 Å². The second-order valence-electron chi connectivity index (χ2n) is 1.25. The minimum Gasteiger partial charge on any atom is -0.747 e. The monoisotopic (exact) mass is 189 g/mol. The van der Waals surface area contributed by atoms with Gasteiger partial charge in [0.1, 0.15) is 0 Å². The molecule has 0 spiro atoms. The molecule has 0 unspecified atom stereocenters. The van der Waals surface area contributed by atoms with E-state index in [4.69, 9.17) is 24.1 Å². The van der Waals surface area contributed by atoms with Crippen LogP contribution in [-0.2, 0) is 43.5 Å². The van der Waals surface area contributed by atoms with Gasteiger partial charge in [0.25, 0.3) is 0 Å². The zero-order chi connectivity index (χ0) is 4.50. The Morgan fingerprint density at radius 1 is 1.50 bits per heavy atom. The summed E-state index contributed by atoms with van der Waals surface area (Å²) < 4.78 is 0. The minimum atomic E-state index is -1.22. The van der Waals surface area contributed by atoms with E-state index in [1.807, 2.05) is 13.3 Å². The summed E-state index contributed by atoms with van der Waals surface area (Å²) in [4.78, 5) is 0. The third kappa shape index (κ3) is 45.6. The fourth-order valence-corrected chi connectivity index (χ4v) is 0. The van der Waals surface area contributed by atoms with Gasteiger partial charge in [-0.1, -0.05) is 13.3 Å². The molecule has 0 nitrogen and oxygen atoms in total. The van der Waals surface area contributed by atoms with Gasteiger partial charge in [0.15, 0.2) is 0 Å². The first-order valence-corrected chi connectivity index (χ1v) is 5.97. The molecule has 0 amide bonds. The van der Waals surface area contributed by atoms with Crippen LogP contribution in [0.1, 0.15) is 0 Å². The van der Waals surface area contributed by atoms with Crippen LogP contribution in [-0.4, -0.2) is 13.3 Å². The van der Waals surface area contributed by atoms with Crippen LogP contribution in [0.5, 0.6) is 0 Å². The van der Waals surface area contributed by atoms with Crippen molar-refractivity contribution in [1.29, 1.82) is 0 Å². The van der Waals surface area contributed by atoms with Crippen LogP contribution in [0, 0.1) is 0 Å². The maximum Gasteiger partial charge on any atom is 0 e. The molecule has 0 rings (SSSR count). The zero-order valence-corrected chi connectivity index (χ0v) is 9.47. The molecule has 0 aliphatic heterocycles. The quantitative estimate of drug-likeness (QED) is 0.320. The summed E-state index contributed by atoms with van der Waals surface area (Å²) in [6.45, 7) is 3.86. The van der Waals surface area contributed by atoms with Crippen molar-refractivity contribution in [3.05, 3.63) is 0 Å². The van der Waals surface area contributed by atoms with Gasteiger partial charge in [-0.25, -0.2) is 0 Å². The maximum atomic E-state index is 4.75. The molecule has 0 bridgehead atoms. The zero-order valence-electron chi connectivity index (χ0n) is 3.97. The molecule has 0 saturated heterocycles. The molecule has 6 heavy (non-hydrogen) atoms. The Kier molecular flexibility index (Phi) is 6.35. The average molecular weight is 191 g/mol. The van der Waals surface area contributed by atoms with Crippen molar-refractivity contribution in [3.63, 3.8) is 0 Å². The molecular weight excluding hydrogens is 185 g/mol. The molecule has 0 aromatic rings. The summed E-state index contributed by atoms with van der Waals surface area (Å²) in [5, 5.41) is -1.22. The number of hydrogen-bond donors (Lipinski definition) is 0. The van der Waals surface area contributed by atoms with E-state index in [-0.39, 0.29) is 19.5 Å². The number of hydrogen-bond acceptors (Lipinski definition) is 2. The normalized spacial score (nSPS) is 9.83. The first kappa shape index (κ1) is 10.6. The van der Waals surface area contributed by atoms with E-state index in [1.54, 1.807) is 0 Å². The fraction of sp³-hybridized carbons (Fsp3) is 1.00. The van der Waals surface area contributed by atoms with Crippen LogP contribution in [0.3, 0.4) is 0 Å². The van der Waals surface area contributed by atoms with Crippen LogP contribution < -0.4 is 0 Å². The third-order valence-electron chi connectivity index (χ3n) is 0. The van der Waals surface area contributed by atoms with E-state index in [9.17, 15) is 0 Å². The molecule has 4 heteroatoms. The van der Waals surface area contributed by atoms with E-state index in [2.05, 4.69) is 0 Å². The standard InChI is InChI=1S/C2H7PS2.Zn/c1-3(2,4)5;/h1-2H3,(H,4,5);/p-1. The maximum absolute atomic E-state index is 4.75. The summed E-state index contributed by atoms with van der Waals surface area (Å²) >= 11 is 9.50. The first-order chi connectivity index (χ1) is 2.00. The fourth-order valence-electron chi connectivity index (χ4n) is 0. The van der Waals surface area contributed by atoms with Gasteiger partial charge in [0, 0.05) is 19.5 Å². The number of rotatable bonds is 0. The van der Waals surface area contributed by atoms with Crippen LogP contribution in [0.4, 0.5) is 0 Å². The summed E-state index contributed by atoms with van der Waals surface area (Å²) in [5.41, 5.74) is 0. The second kappa shape index (κ2) is 3.60. The molecule has 0 fully saturated rings. The van der Waals surface area contributed by atoms with Crippen molar-refractivity contribution in [3.8, 4) is 0 Å². The third-order valence-corrected chi connectivity index (χ3v) is 0. The predicted molar refractivity (Wildman–Crippen MR) is 33.5 cm³/mol. The van der Waals surface area contributed by atoms with Gasteiger partial charge in [0.2, 0.25) is 0 Å². The van der Waals surface area contributed by atoms with Crippen molar-refractivity contribution in [2.24, 2.45) is 0 Å². The summed E-state index contributed by atoms with van der Waals surface area (Å²) in [6.07, 6.45) is 0. The molecule has 0 aromatic carbocycles. The van der Waals surface area contributed by atoms with Crippen molar-refractivity contribution in [2.45, 2.75) is 0 Å². The van der Waals surface area contributed by atoms with Gasteiger partial charge >= 0.3 is 0 Å². The molecule has 0 heterocycles. The smallest absolute Gasteiger partial charge is 0 e. The second-order valence-corrected chi connectivity index (χ2v) is 9.93. The Bertz CT molecular complexity index is 57.7. The van der Waals surface area contributed by atoms with Crippen molar-refractivity contribution in [1.82, 2.24) is 0 Å². The van der Waals surface area contributed by atoms with Crippen LogP contribution >= 0.6 is 5.24 Å². The van der Waals surface area contributed by atoms with E-state index >= 15 is 0 Å². The van der Waals surface area contributed by atoms with E-state index in [0.29, 0.717) is 0 Å². The van der Waals surface area contributed by atoms with Crippen LogP contribution in [0.15, 0.2) is 0 Å². The largest absolute Gasteiger partial charge is 0.747 e. The van der Waals surface area contributed by atoms with E-state index < -0.39 is 5.24 Å². The van der Waals surface area contributed by atoms with Gasteiger partial charge in [-0.05, 0) is 0 Å². The summed E-state index contributed by atoms with van der Waals surface area (Å²) in [7, 11) is 0.